The summed E-state index contributed by atoms with van der Waals surface area (Å²) in [4.78, 5) is 23.5. The smallest absolute Gasteiger partial charge is 0.308 e. The van der Waals surface area contributed by atoms with Crippen LogP contribution in [0.4, 0.5) is 4.39 Å². The van der Waals surface area contributed by atoms with E-state index in [1.165, 1.54) is 6.07 Å². The maximum Gasteiger partial charge on any atom is 0.308 e. The molecule has 2 rings (SSSR count). The van der Waals surface area contributed by atoms with Crippen molar-refractivity contribution in [2.24, 2.45) is 5.92 Å². The molecule has 1 aromatic rings. The zero-order valence-electron chi connectivity index (χ0n) is 12.1. The van der Waals surface area contributed by atoms with Crippen LogP contribution in [0.5, 0.6) is 0 Å². The molecule has 1 aromatic carbocycles. The zero-order chi connectivity index (χ0) is 15.4. The van der Waals surface area contributed by atoms with Crippen LogP contribution < -0.4 is 5.32 Å². The Morgan fingerprint density at radius 2 is 1.95 bits per heavy atom. The van der Waals surface area contributed by atoms with Gasteiger partial charge in [-0.1, -0.05) is 25.3 Å². The van der Waals surface area contributed by atoms with Crippen LogP contribution in [0.1, 0.15) is 48.0 Å². The van der Waals surface area contributed by atoms with E-state index in [0.29, 0.717) is 18.4 Å². The third kappa shape index (κ3) is 3.80. The lowest BCUT2D eigenvalue weighted by molar-refractivity contribution is -0.142. The van der Waals surface area contributed by atoms with Crippen LogP contribution in [0.15, 0.2) is 18.2 Å². The number of carboxylic acid groups (broad SMARTS) is 1. The molecule has 0 spiro atoms. The fraction of sp³-hybridized carbons (Fsp3) is 0.500. The fourth-order valence-corrected chi connectivity index (χ4v) is 2.76. The van der Waals surface area contributed by atoms with Crippen molar-refractivity contribution in [3.8, 4) is 0 Å². The van der Waals surface area contributed by atoms with Crippen LogP contribution in [-0.4, -0.2) is 23.0 Å². The van der Waals surface area contributed by atoms with Gasteiger partial charge in [0.05, 0.1) is 5.92 Å². The summed E-state index contributed by atoms with van der Waals surface area (Å²) in [6, 6.07) is 3.91. The van der Waals surface area contributed by atoms with Crippen molar-refractivity contribution in [1.82, 2.24) is 5.32 Å². The first-order valence-electron chi connectivity index (χ1n) is 7.29. The number of halogens is 1. The average Bonchev–Trinajstić information content (AvgIpc) is 2.67. The highest BCUT2D eigenvalue weighted by atomic mass is 19.1. The third-order valence-corrected chi connectivity index (χ3v) is 4.08. The molecule has 2 unspecified atom stereocenters. The normalized spacial score (nSPS) is 22.4. The van der Waals surface area contributed by atoms with Crippen LogP contribution in [0.2, 0.25) is 0 Å². The molecule has 5 heteroatoms. The summed E-state index contributed by atoms with van der Waals surface area (Å²) in [6.45, 7) is 1.63. The van der Waals surface area contributed by atoms with Crippen molar-refractivity contribution in [1.29, 1.82) is 0 Å². The molecule has 1 aliphatic carbocycles. The summed E-state index contributed by atoms with van der Waals surface area (Å²) in [6.07, 6.45) is 3.97. The summed E-state index contributed by atoms with van der Waals surface area (Å²) in [5.41, 5.74) is 0.705. The molecule has 4 nitrogen and oxygen atoms in total. The lowest BCUT2D eigenvalue weighted by atomic mass is 9.94. The number of amides is 1. The SMILES string of the molecule is Cc1ccc(C(=O)NC2CCCCCC2C(=O)O)cc1F. The molecule has 21 heavy (non-hydrogen) atoms. The second-order valence-electron chi connectivity index (χ2n) is 5.63. The van der Waals surface area contributed by atoms with E-state index < -0.39 is 23.6 Å². The van der Waals surface area contributed by atoms with Gasteiger partial charge in [-0.2, -0.15) is 0 Å². The number of aryl methyl sites for hydroxylation is 1. The summed E-state index contributed by atoms with van der Waals surface area (Å²) < 4.78 is 13.5. The van der Waals surface area contributed by atoms with Crippen LogP contribution in [0.25, 0.3) is 0 Å². The van der Waals surface area contributed by atoms with E-state index >= 15 is 0 Å². The van der Waals surface area contributed by atoms with Gasteiger partial charge >= 0.3 is 5.97 Å². The summed E-state index contributed by atoms with van der Waals surface area (Å²) >= 11 is 0. The lowest BCUT2D eigenvalue weighted by Gasteiger charge is -2.23. The molecule has 0 aliphatic heterocycles. The van der Waals surface area contributed by atoms with Crippen molar-refractivity contribution < 1.29 is 19.1 Å². The van der Waals surface area contributed by atoms with E-state index in [0.717, 1.165) is 19.3 Å². The summed E-state index contributed by atoms with van der Waals surface area (Å²) in [5, 5.41) is 12.1. The number of aliphatic carboxylic acids is 1. The fourth-order valence-electron chi connectivity index (χ4n) is 2.76. The van der Waals surface area contributed by atoms with Gasteiger partial charge in [0.2, 0.25) is 0 Å². The molecule has 2 atom stereocenters. The second-order valence-corrected chi connectivity index (χ2v) is 5.63. The molecular formula is C16H20FNO3. The van der Waals surface area contributed by atoms with Crippen LogP contribution >= 0.6 is 0 Å². The number of hydrogen-bond acceptors (Lipinski definition) is 2. The van der Waals surface area contributed by atoms with E-state index in [-0.39, 0.29) is 11.6 Å². The number of rotatable bonds is 3. The minimum Gasteiger partial charge on any atom is -0.481 e. The molecule has 0 heterocycles. The molecule has 1 saturated carbocycles. The Labute approximate surface area is 123 Å². The number of benzene rings is 1. The van der Waals surface area contributed by atoms with Crippen LogP contribution in [0, 0.1) is 18.7 Å². The predicted octanol–water partition coefficient (Wildman–Crippen LogP) is 2.90. The van der Waals surface area contributed by atoms with Crippen LogP contribution in [-0.2, 0) is 4.79 Å². The van der Waals surface area contributed by atoms with Gasteiger partial charge in [0, 0.05) is 11.6 Å². The Kier molecular flexibility index (Phi) is 4.94. The van der Waals surface area contributed by atoms with E-state index in [4.69, 9.17) is 0 Å². The Hall–Kier alpha value is -1.91. The largest absolute Gasteiger partial charge is 0.481 e. The Bertz CT molecular complexity index is 544. The monoisotopic (exact) mass is 293 g/mol. The summed E-state index contributed by atoms with van der Waals surface area (Å²) in [7, 11) is 0. The number of carbonyl (C=O) groups is 2. The van der Waals surface area contributed by atoms with E-state index in [9.17, 15) is 19.1 Å². The number of carbonyl (C=O) groups excluding carboxylic acids is 1. The first kappa shape index (κ1) is 15.5. The molecule has 1 aliphatic rings. The second kappa shape index (κ2) is 6.70. The first-order chi connectivity index (χ1) is 9.99. The molecule has 0 radical (unpaired) electrons. The molecule has 114 valence electrons. The highest BCUT2D eigenvalue weighted by Crippen LogP contribution is 2.24. The quantitative estimate of drug-likeness (QED) is 0.842. The van der Waals surface area contributed by atoms with Gasteiger partial charge in [-0.3, -0.25) is 9.59 Å². The Balaban J connectivity index is 2.12. The highest BCUT2D eigenvalue weighted by molar-refractivity contribution is 5.94. The van der Waals surface area contributed by atoms with Gasteiger partial charge in [0.15, 0.2) is 0 Å². The standard InChI is InChI=1S/C16H20FNO3/c1-10-7-8-11(9-13(10)17)15(19)18-14-6-4-2-3-5-12(14)16(20)21/h7-9,12,14H,2-6H2,1H3,(H,18,19)(H,20,21). The Morgan fingerprint density at radius 1 is 1.24 bits per heavy atom. The van der Waals surface area contributed by atoms with Crippen molar-refractivity contribution in [3.05, 3.63) is 35.1 Å². The minimum atomic E-state index is -0.878. The highest BCUT2D eigenvalue weighted by Gasteiger charge is 2.30. The average molecular weight is 293 g/mol. The van der Waals surface area contributed by atoms with E-state index in [2.05, 4.69) is 5.32 Å². The van der Waals surface area contributed by atoms with E-state index in [1.54, 1.807) is 19.1 Å². The number of nitrogens with one attached hydrogen (secondary N) is 1. The molecule has 1 fully saturated rings. The van der Waals surface area contributed by atoms with Gasteiger partial charge in [-0.05, 0) is 37.5 Å². The predicted molar refractivity (Wildman–Crippen MR) is 76.6 cm³/mol. The number of carboxylic acids is 1. The van der Waals surface area contributed by atoms with Gasteiger partial charge < -0.3 is 10.4 Å². The molecule has 0 bridgehead atoms. The number of hydrogen-bond donors (Lipinski definition) is 2. The van der Waals surface area contributed by atoms with Crippen molar-refractivity contribution >= 4 is 11.9 Å². The molecule has 1 amide bonds. The van der Waals surface area contributed by atoms with Gasteiger partial charge in [-0.15, -0.1) is 0 Å². The minimum absolute atomic E-state index is 0.228. The van der Waals surface area contributed by atoms with Crippen molar-refractivity contribution in [2.45, 2.75) is 45.1 Å². The van der Waals surface area contributed by atoms with Gasteiger partial charge in [0.25, 0.3) is 5.91 Å². The lowest BCUT2D eigenvalue weighted by Crippen LogP contribution is -2.42. The first-order valence-corrected chi connectivity index (χ1v) is 7.29. The van der Waals surface area contributed by atoms with Gasteiger partial charge in [0.1, 0.15) is 5.82 Å². The zero-order valence-corrected chi connectivity index (χ0v) is 12.1. The van der Waals surface area contributed by atoms with Gasteiger partial charge in [-0.25, -0.2) is 4.39 Å². The Morgan fingerprint density at radius 3 is 2.62 bits per heavy atom. The molecule has 0 aromatic heterocycles. The van der Waals surface area contributed by atoms with E-state index in [1.807, 2.05) is 0 Å². The van der Waals surface area contributed by atoms with Crippen molar-refractivity contribution in [3.63, 3.8) is 0 Å². The summed E-state index contributed by atoms with van der Waals surface area (Å²) in [5.74, 6) is -2.28. The van der Waals surface area contributed by atoms with Crippen molar-refractivity contribution in [2.75, 3.05) is 0 Å². The molecule has 2 N–H and O–H groups in total. The maximum atomic E-state index is 13.5. The maximum absolute atomic E-state index is 13.5. The van der Waals surface area contributed by atoms with Crippen LogP contribution in [0.3, 0.4) is 0 Å². The molecular weight excluding hydrogens is 273 g/mol. The third-order valence-electron chi connectivity index (χ3n) is 4.08. The molecule has 0 saturated heterocycles. The topological polar surface area (TPSA) is 66.4 Å².